The number of rotatable bonds is 4. The van der Waals surface area contributed by atoms with Crippen molar-refractivity contribution in [2.45, 2.75) is 0 Å². The van der Waals surface area contributed by atoms with Crippen LogP contribution in [0.3, 0.4) is 0 Å². The molecule has 0 bridgehead atoms. The first-order chi connectivity index (χ1) is 9.80. The van der Waals surface area contributed by atoms with Crippen LogP contribution < -0.4 is 15.4 Å². The lowest BCUT2D eigenvalue weighted by Crippen LogP contribution is -2.47. The molecule has 1 saturated heterocycles. The molecule has 0 saturated carbocycles. The molecule has 108 valence electrons. The third-order valence-corrected chi connectivity index (χ3v) is 4.75. The highest BCUT2D eigenvalue weighted by Crippen LogP contribution is 2.31. The highest BCUT2D eigenvalue weighted by molar-refractivity contribution is 7.22. The fourth-order valence-electron chi connectivity index (χ4n) is 2.50. The summed E-state index contributed by atoms with van der Waals surface area (Å²) in [4.78, 5) is 9.50. The zero-order valence-corrected chi connectivity index (χ0v) is 12.5. The van der Waals surface area contributed by atoms with Gasteiger partial charge in [0.05, 0.1) is 17.3 Å². The van der Waals surface area contributed by atoms with Gasteiger partial charge in [0.1, 0.15) is 5.75 Å². The Morgan fingerprint density at radius 2 is 2.10 bits per heavy atom. The molecule has 1 fully saturated rings. The van der Waals surface area contributed by atoms with Crippen molar-refractivity contribution in [3.63, 3.8) is 0 Å². The number of benzene rings is 1. The second kappa shape index (κ2) is 5.95. The Bertz CT molecular complexity index is 578. The molecule has 0 spiro atoms. The van der Waals surface area contributed by atoms with Gasteiger partial charge in [-0.3, -0.25) is 4.90 Å². The van der Waals surface area contributed by atoms with Crippen LogP contribution in [0.1, 0.15) is 0 Å². The van der Waals surface area contributed by atoms with Gasteiger partial charge in [0.15, 0.2) is 5.13 Å². The van der Waals surface area contributed by atoms with Crippen LogP contribution in [0.5, 0.6) is 5.75 Å². The largest absolute Gasteiger partial charge is 0.497 e. The summed E-state index contributed by atoms with van der Waals surface area (Å²) in [6.07, 6.45) is 0. The minimum absolute atomic E-state index is 0.737. The maximum atomic E-state index is 5.61. The van der Waals surface area contributed by atoms with Gasteiger partial charge in [-0.05, 0) is 18.2 Å². The lowest BCUT2D eigenvalue weighted by molar-refractivity contribution is 0.265. The number of nitrogens with zero attached hydrogens (tertiary/aromatic N) is 3. The standard InChI is InChI=1S/C14H20N4OS/c1-19-11-2-3-12-13(10-11)20-14(16-12)18-8-6-17(5-4-15)7-9-18/h2-3,10H,4-9,15H2,1H3. The fraction of sp³-hybridized carbons (Fsp3) is 0.500. The van der Waals surface area contributed by atoms with E-state index in [0.29, 0.717) is 0 Å². The molecule has 0 unspecified atom stereocenters. The van der Waals surface area contributed by atoms with Gasteiger partial charge >= 0.3 is 0 Å². The van der Waals surface area contributed by atoms with Gasteiger partial charge in [0, 0.05) is 39.3 Å². The summed E-state index contributed by atoms with van der Waals surface area (Å²) in [6.45, 7) is 5.91. The van der Waals surface area contributed by atoms with E-state index in [4.69, 9.17) is 15.5 Å². The number of piperazine rings is 1. The summed E-state index contributed by atoms with van der Waals surface area (Å²) in [5.74, 6) is 0.889. The molecule has 1 aromatic carbocycles. The first-order valence-electron chi connectivity index (χ1n) is 6.92. The number of aromatic nitrogens is 1. The second-order valence-corrected chi connectivity index (χ2v) is 5.96. The number of thiazole rings is 1. The number of nitrogens with two attached hydrogens (primary N) is 1. The number of anilines is 1. The fourth-order valence-corrected chi connectivity index (χ4v) is 3.55. The lowest BCUT2D eigenvalue weighted by Gasteiger charge is -2.34. The maximum absolute atomic E-state index is 5.61. The summed E-state index contributed by atoms with van der Waals surface area (Å²) in [6, 6.07) is 6.05. The Hall–Kier alpha value is -1.37. The molecule has 2 aromatic rings. The number of ether oxygens (including phenoxy) is 1. The monoisotopic (exact) mass is 292 g/mol. The Kier molecular flexibility index (Phi) is 4.05. The van der Waals surface area contributed by atoms with Crippen molar-refractivity contribution in [3.05, 3.63) is 18.2 Å². The Balaban J connectivity index is 1.74. The third-order valence-electron chi connectivity index (χ3n) is 3.67. The summed E-state index contributed by atoms with van der Waals surface area (Å²) in [5, 5.41) is 1.11. The maximum Gasteiger partial charge on any atom is 0.186 e. The van der Waals surface area contributed by atoms with Crippen LogP contribution in [0.2, 0.25) is 0 Å². The van der Waals surface area contributed by atoms with Crippen LogP contribution in [0.15, 0.2) is 18.2 Å². The van der Waals surface area contributed by atoms with E-state index in [1.165, 1.54) is 4.70 Å². The van der Waals surface area contributed by atoms with Crippen molar-refractivity contribution in [2.24, 2.45) is 5.73 Å². The van der Waals surface area contributed by atoms with Gasteiger partial charge in [-0.1, -0.05) is 11.3 Å². The predicted molar refractivity (Wildman–Crippen MR) is 83.9 cm³/mol. The average Bonchev–Trinajstić information content (AvgIpc) is 2.91. The summed E-state index contributed by atoms with van der Waals surface area (Å²) >= 11 is 1.74. The second-order valence-electron chi connectivity index (χ2n) is 4.95. The van der Waals surface area contributed by atoms with E-state index in [9.17, 15) is 0 Å². The molecule has 1 aliphatic rings. The zero-order valence-electron chi connectivity index (χ0n) is 11.7. The summed E-state index contributed by atoms with van der Waals surface area (Å²) in [5.41, 5.74) is 6.66. The van der Waals surface area contributed by atoms with Crippen molar-refractivity contribution in [2.75, 3.05) is 51.3 Å². The normalized spacial score (nSPS) is 16.8. The van der Waals surface area contributed by atoms with Crippen LogP contribution in [0.25, 0.3) is 10.2 Å². The molecule has 3 rings (SSSR count). The van der Waals surface area contributed by atoms with Crippen LogP contribution in [-0.4, -0.2) is 56.3 Å². The third kappa shape index (κ3) is 2.72. The Morgan fingerprint density at radius 3 is 2.80 bits per heavy atom. The number of hydrogen-bond acceptors (Lipinski definition) is 6. The molecule has 1 aromatic heterocycles. The molecular formula is C14H20N4OS. The minimum atomic E-state index is 0.737. The van der Waals surface area contributed by atoms with Crippen molar-refractivity contribution in [1.82, 2.24) is 9.88 Å². The van der Waals surface area contributed by atoms with Crippen LogP contribution in [0.4, 0.5) is 5.13 Å². The molecular weight excluding hydrogens is 272 g/mol. The Morgan fingerprint density at radius 1 is 1.30 bits per heavy atom. The lowest BCUT2D eigenvalue weighted by atomic mass is 10.3. The van der Waals surface area contributed by atoms with Crippen LogP contribution in [-0.2, 0) is 0 Å². The van der Waals surface area contributed by atoms with Crippen molar-refractivity contribution < 1.29 is 4.74 Å². The van der Waals surface area contributed by atoms with Crippen LogP contribution >= 0.6 is 11.3 Å². The van der Waals surface area contributed by atoms with Gasteiger partial charge in [-0.15, -0.1) is 0 Å². The highest BCUT2D eigenvalue weighted by atomic mass is 32.1. The summed E-state index contributed by atoms with van der Waals surface area (Å²) < 4.78 is 6.45. The molecule has 20 heavy (non-hydrogen) atoms. The quantitative estimate of drug-likeness (QED) is 0.923. The molecule has 0 atom stereocenters. The molecule has 5 nitrogen and oxygen atoms in total. The number of methoxy groups -OCH3 is 1. The molecule has 1 aliphatic heterocycles. The average molecular weight is 292 g/mol. The van der Waals surface area contributed by atoms with Crippen molar-refractivity contribution in [1.29, 1.82) is 0 Å². The zero-order chi connectivity index (χ0) is 13.9. The number of hydrogen-bond donors (Lipinski definition) is 1. The minimum Gasteiger partial charge on any atom is -0.497 e. The molecule has 0 amide bonds. The number of fused-ring (bicyclic) bond motifs is 1. The van der Waals surface area contributed by atoms with E-state index in [0.717, 1.165) is 55.7 Å². The van der Waals surface area contributed by atoms with E-state index in [-0.39, 0.29) is 0 Å². The van der Waals surface area contributed by atoms with Gasteiger partial charge in [-0.2, -0.15) is 0 Å². The van der Waals surface area contributed by atoms with E-state index in [1.807, 2.05) is 12.1 Å². The SMILES string of the molecule is COc1ccc2nc(N3CCN(CCN)CC3)sc2c1. The van der Waals surface area contributed by atoms with Gasteiger partial charge in [0.2, 0.25) is 0 Å². The van der Waals surface area contributed by atoms with Gasteiger partial charge in [0.25, 0.3) is 0 Å². The van der Waals surface area contributed by atoms with Crippen molar-refractivity contribution >= 4 is 26.7 Å². The molecule has 6 heteroatoms. The molecule has 0 radical (unpaired) electrons. The first-order valence-corrected chi connectivity index (χ1v) is 7.74. The van der Waals surface area contributed by atoms with Gasteiger partial charge < -0.3 is 15.4 Å². The smallest absolute Gasteiger partial charge is 0.186 e. The van der Waals surface area contributed by atoms with E-state index >= 15 is 0 Å². The summed E-state index contributed by atoms with van der Waals surface area (Å²) in [7, 11) is 1.69. The highest BCUT2D eigenvalue weighted by Gasteiger charge is 2.19. The van der Waals surface area contributed by atoms with E-state index < -0.39 is 0 Å². The Labute approximate surface area is 122 Å². The first kappa shape index (κ1) is 13.6. The molecule has 2 heterocycles. The van der Waals surface area contributed by atoms with Gasteiger partial charge in [-0.25, -0.2) is 4.98 Å². The molecule has 0 aliphatic carbocycles. The predicted octanol–water partition coefficient (Wildman–Crippen LogP) is 1.39. The topological polar surface area (TPSA) is 54.6 Å². The van der Waals surface area contributed by atoms with Crippen molar-refractivity contribution in [3.8, 4) is 5.75 Å². The van der Waals surface area contributed by atoms with E-state index in [1.54, 1.807) is 18.4 Å². The van der Waals surface area contributed by atoms with Crippen LogP contribution in [0, 0.1) is 0 Å². The van der Waals surface area contributed by atoms with E-state index in [2.05, 4.69) is 15.9 Å². The molecule has 2 N–H and O–H groups in total.